The van der Waals surface area contributed by atoms with Crippen molar-refractivity contribution < 1.29 is 4.79 Å². The van der Waals surface area contributed by atoms with Gasteiger partial charge in [-0.3, -0.25) is 4.79 Å². The van der Waals surface area contributed by atoms with Gasteiger partial charge in [0.25, 0.3) is 5.91 Å². The minimum absolute atomic E-state index is 0.0875. The zero-order chi connectivity index (χ0) is 19.5. The molecule has 0 spiro atoms. The minimum Gasteiger partial charge on any atom is -0.322 e. The van der Waals surface area contributed by atoms with E-state index < -0.39 is 0 Å². The first-order valence-electron chi connectivity index (χ1n) is 9.23. The molecular formula is C25H20BrNO. The fourth-order valence-corrected chi connectivity index (χ4v) is 3.80. The summed E-state index contributed by atoms with van der Waals surface area (Å²) in [6.45, 7) is 1.99. The second-order valence-electron chi connectivity index (χ2n) is 6.94. The van der Waals surface area contributed by atoms with E-state index in [1.807, 2.05) is 61.5 Å². The second-order valence-corrected chi connectivity index (χ2v) is 7.79. The summed E-state index contributed by atoms with van der Waals surface area (Å²) in [6, 6.07) is 28.4. The topological polar surface area (TPSA) is 29.1 Å². The van der Waals surface area contributed by atoms with Crippen LogP contribution in [0.5, 0.6) is 0 Å². The van der Waals surface area contributed by atoms with E-state index in [0.717, 1.165) is 22.1 Å². The Morgan fingerprint density at radius 1 is 0.857 bits per heavy atom. The van der Waals surface area contributed by atoms with Crippen LogP contribution >= 0.6 is 15.9 Å². The zero-order valence-corrected chi connectivity index (χ0v) is 17.2. The number of carbonyl (C=O) groups is 1. The van der Waals surface area contributed by atoms with E-state index in [9.17, 15) is 4.79 Å². The van der Waals surface area contributed by atoms with Crippen LogP contribution in [0.1, 0.15) is 27.0 Å². The van der Waals surface area contributed by atoms with Crippen LogP contribution in [0.2, 0.25) is 0 Å². The number of halogens is 1. The molecule has 0 aliphatic heterocycles. The molecule has 138 valence electrons. The molecule has 4 rings (SSSR count). The van der Waals surface area contributed by atoms with Gasteiger partial charge in [0.05, 0.1) is 0 Å². The van der Waals surface area contributed by atoms with E-state index in [0.29, 0.717) is 5.56 Å². The summed E-state index contributed by atoms with van der Waals surface area (Å²) >= 11 is 3.63. The maximum atomic E-state index is 12.5. The molecule has 0 aromatic heterocycles. The van der Waals surface area contributed by atoms with Crippen LogP contribution in [-0.4, -0.2) is 5.91 Å². The predicted molar refractivity (Wildman–Crippen MR) is 120 cm³/mol. The summed E-state index contributed by atoms with van der Waals surface area (Å²) in [5.74, 6) is -0.0875. The number of anilines is 1. The molecule has 0 bridgehead atoms. The van der Waals surface area contributed by atoms with Crippen LogP contribution in [0, 0.1) is 6.92 Å². The number of hydrogen-bond donors (Lipinski definition) is 1. The highest BCUT2D eigenvalue weighted by Gasteiger charge is 2.08. The number of hydrogen-bond acceptors (Lipinski definition) is 1. The van der Waals surface area contributed by atoms with Gasteiger partial charge in [-0.05, 0) is 71.1 Å². The van der Waals surface area contributed by atoms with Crippen molar-refractivity contribution in [2.75, 3.05) is 5.32 Å². The van der Waals surface area contributed by atoms with Gasteiger partial charge in [0.1, 0.15) is 0 Å². The van der Waals surface area contributed by atoms with Crippen LogP contribution in [0.15, 0.2) is 89.4 Å². The van der Waals surface area contributed by atoms with E-state index in [-0.39, 0.29) is 5.91 Å². The van der Waals surface area contributed by atoms with Crippen LogP contribution in [0.4, 0.5) is 5.69 Å². The number of para-hydroxylation sites is 1. The fourth-order valence-electron chi connectivity index (χ4n) is 3.31. The molecule has 0 aliphatic carbocycles. The van der Waals surface area contributed by atoms with Gasteiger partial charge in [0.15, 0.2) is 0 Å². The normalized spacial score (nSPS) is 10.8. The molecule has 3 heteroatoms. The second kappa shape index (κ2) is 7.99. The smallest absolute Gasteiger partial charge is 0.255 e. The number of benzene rings is 4. The molecule has 28 heavy (non-hydrogen) atoms. The Kier molecular flexibility index (Phi) is 5.27. The lowest BCUT2D eigenvalue weighted by Gasteiger charge is -2.09. The molecule has 1 N–H and O–H groups in total. The Labute approximate surface area is 173 Å². The van der Waals surface area contributed by atoms with Crippen LogP contribution in [-0.2, 0) is 6.42 Å². The molecule has 0 aliphatic rings. The lowest BCUT2D eigenvalue weighted by atomic mass is 10.0. The van der Waals surface area contributed by atoms with E-state index in [2.05, 4.69) is 51.6 Å². The van der Waals surface area contributed by atoms with Gasteiger partial charge in [-0.1, -0.05) is 70.5 Å². The first-order valence-corrected chi connectivity index (χ1v) is 10.0. The minimum atomic E-state index is -0.0875. The van der Waals surface area contributed by atoms with Crippen molar-refractivity contribution in [2.45, 2.75) is 13.3 Å². The van der Waals surface area contributed by atoms with Gasteiger partial charge >= 0.3 is 0 Å². The van der Waals surface area contributed by atoms with E-state index in [1.54, 1.807) is 0 Å². The summed E-state index contributed by atoms with van der Waals surface area (Å²) in [5, 5.41) is 5.42. The lowest BCUT2D eigenvalue weighted by Crippen LogP contribution is -2.12. The highest BCUT2D eigenvalue weighted by atomic mass is 79.9. The molecule has 0 unspecified atom stereocenters. The number of fused-ring (bicyclic) bond motifs is 1. The highest BCUT2D eigenvalue weighted by Crippen LogP contribution is 2.26. The standard InChI is InChI=1S/C25H20BrNO/c1-17-5-2-3-8-24(17)27-25(28)21-13-9-18(10-14-21)15-19-11-12-20-6-4-7-23(26)22(20)16-19/h2-14,16H,15H2,1H3,(H,27,28). The third-order valence-electron chi connectivity index (χ3n) is 4.91. The third kappa shape index (κ3) is 4.00. The number of carbonyl (C=O) groups excluding carboxylic acids is 1. The van der Waals surface area contributed by atoms with Crippen molar-refractivity contribution in [3.8, 4) is 0 Å². The first kappa shape index (κ1) is 18.5. The Morgan fingerprint density at radius 3 is 2.39 bits per heavy atom. The Bertz CT molecular complexity index is 1150. The number of rotatable bonds is 4. The molecule has 1 amide bonds. The van der Waals surface area contributed by atoms with Gasteiger partial charge in [-0.25, -0.2) is 0 Å². The summed E-state index contributed by atoms with van der Waals surface area (Å²) in [4.78, 5) is 12.5. The Hall–Kier alpha value is -2.91. The molecular weight excluding hydrogens is 410 g/mol. The van der Waals surface area contributed by atoms with Crippen molar-refractivity contribution in [3.63, 3.8) is 0 Å². The molecule has 4 aromatic carbocycles. The highest BCUT2D eigenvalue weighted by molar-refractivity contribution is 9.10. The fraction of sp³-hybridized carbons (Fsp3) is 0.0800. The SMILES string of the molecule is Cc1ccccc1NC(=O)c1ccc(Cc2ccc3cccc(Br)c3c2)cc1. The van der Waals surface area contributed by atoms with Crippen molar-refractivity contribution in [3.05, 3.63) is 112 Å². The van der Waals surface area contributed by atoms with Crippen molar-refractivity contribution in [1.29, 1.82) is 0 Å². The monoisotopic (exact) mass is 429 g/mol. The van der Waals surface area contributed by atoms with Gasteiger partial charge in [-0.15, -0.1) is 0 Å². The average Bonchev–Trinajstić information content (AvgIpc) is 2.71. The third-order valence-corrected chi connectivity index (χ3v) is 5.60. The van der Waals surface area contributed by atoms with E-state index in [4.69, 9.17) is 0 Å². The quantitative estimate of drug-likeness (QED) is 0.381. The van der Waals surface area contributed by atoms with Crippen molar-refractivity contribution in [2.24, 2.45) is 0 Å². The van der Waals surface area contributed by atoms with E-state index in [1.165, 1.54) is 21.9 Å². The summed E-state index contributed by atoms with van der Waals surface area (Å²) in [7, 11) is 0. The number of nitrogens with one attached hydrogen (secondary N) is 1. The molecule has 0 saturated carbocycles. The van der Waals surface area contributed by atoms with Crippen molar-refractivity contribution >= 4 is 38.3 Å². The molecule has 2 nitrogen and oxygen atoms in total. The Morgan fingerprint density at radius 2 is 1.61 bits per heavy atom. The maximum absolute atomic E-state index is 12.5. The molecule has 0 heterocycles. The van der Waals surface area contributed by atoms with E-state index >= 15 is 0 Å². The molecule has 0 atom stereocenters. The Balaban J connectivity index is 1.50. The molecule has 0 fully saturated rings. The average molecular weight is 430 g/mol. The van der Waals surface area contributed by atoms with Gasteiger partial charge in [-0.2, -0.15) is 0 Å². The van der Waals surface area contributed by atoms with Crippen LogP contribution < -0.4 is 5.32 Å². The molecule has 0 saturated heterocycles. The number of amides is 1. The summed E-state index contributed by atoms with van der Waals surface area (Å²) < 4.78 is 1.11. The van der Waals surface area contributed by atoms with Gasteiger partial charge < -0.3 is 5.32 Å². The summed E-state index contributed by atoms with van der Waals surface area (Å²) in [5.41, 5.74) is 4.98. The molecule has 0 radical (unpaired) electrons. The van der Waals surface area contributed by atoms with Gasteiger partial charge in [0, 0.05) is 15.7 Å². The van der Waals surface area contributed by atoms with Crippen LogP contribution in [0.3, 0.4) is 0 Å². The van der Waals surface area contributed by atoms with Gasteiger partial charge in [0.2, 0.25) is 0 Å². The largest absolute Gasteiger partial charge is 0.322 e. The van der Waals surface area contributed by atoms with Crippen molar-refractivity contribution in [1.82, 2.24) is 0 Å². The van der Waals surface area contributed by atoms with Crippen LogP contribution in [0.25, 0.3) is 10.8 Å². The maximum Gasteiger partial charge on any atom is 0.255 e. The lowest BCUT2D eigenvalue weighted by molar-refractivity contribution is 0.102. The summed E-state index contributed by atoms with van der Waals surface area (Å²) in [6.07, 6.45) is 0.830. The molecule has 4 aromatic rings. The zero-order valence-electron chi connectivity index (χ0n) is 15.6. The predicted octanol–water partition coefficient (Wildman–Crippen LogP) is 6.75. The number of aryl methyl sites for hydroxylation is 1. The first-order chi connectivity index (χ1) is 13.6.